The molecule has 1 atom stereocenters. The number of aliphatic carboxylic acids is 1. The first kappa shape index (κ1) is 18.7. The molecule has 0 amide bonds. The number of hydrogen-bond donors (Lipinski definition) is 3. The van der Waals surface area contributed by atoms with Crippen molar-refractivity contribution in [3.8, 4) is 11.5 Å². The molecule has 3 aromatic carbocycles. The molecule has 29 heavy (non-hydrogen) atoms. The summed E-state index contributed by atoms with van der Waals surface area (Å²) in [7, 11) is 0. The van der Waals surface area contributed by atoms with E-state index in [4.69, 9.17) is 0 Å². The molecule has 0 saturated heterocycles. The van der Waals surface area contributed by atoms with Gasteiger partial charge in [-0.05, 0) is 42.0 Å². The molecule has 0 bridgehead atoms. The molecule has 3 N–H and O–H groups in total. The average Bonchev–Trinajstić information content (AvgIpc) is 2.70. The minimum atomic E-state index is -1.05. The van der Waals surface area contributed by atoms with E-state index in [0.29, 0.717) is 30.4 Å². The Morgan fingerprint density at radius 2 is 1.62 bits per heavy atom. The number of fused-ring (bicyclic) bond motifs is 2. The molecule has 1 aliphatic rings. The fraction of sp³-hybridized carbons (Fsp3) is 0.167. The summed E-state index contributed by atoms with van der Waals surface area (Å²) in [6.45, 7) is 0. The van der Waals surface area contributed by atoms with E-state index in [9.17, 15) is 24.9 Å². The number of ketones is 1. The first-order chi connectivity index (χ1) is 14.0. The zero-order valence-electron chi connectivity index (χ0n) is 15.6. The SMILES string of the molecule is O=C1c2c(O)cccc2Cc2ccc([C@H](CCc3ccccc3)C(=O)O)c(O)c21. The fourth-order valence-electron chi connectivity index (χ4n) is 4.02. The van der Waals surface area contributed by atoms with E-state index in [0.717, 1.165) is 5.56 Å². The molecule has 4 rings (SSSR count). The van der Waals surface area contributed by atoms with Gasteiger partial charge in [-0.3, -0.25) is 9.59 Å². The van der Waals surface area contributed by atoms with E-state index in [1.54, 1.807) is 24.3 Å². The van der Waals surface area contributed by atoms with Gasteiger partial charge in [-0.1, -0.05) is 54.6 Å². The summed E-state index contributed by atoms with van der Waals surface area (Å²) in [6, 6.07) is 17.7. The number of phenolic OH excluding ortho intramolecular Hbond substituents is 2. The molecule has 0 spiro atoms. The lowest BCUT2D eigenvalue weighted by molar-refractivity contribution is -0.139. The smallest absolute Gasteiger partial charge is 0.311 e. The highest BCUT2D eigenvalue weighted by Crippen LogP contribution is 2.40. The maximum absolute atomic E-state index is 13.0. The Labute approximate surface area is 167 Å². The summed E-state index contributed by atoms with van der Waals surface area (Å²) in [6.07, 6.45) is 1.22. The van der Waals surface area contributed by atoms with Gasteiger partial charge in [0.2, 0.25) is 5.78 Å². The van der Waals surface area contributed by atoms with Crippen molar-refractivity contribution >= 4 is 11.8 Å². The van der Waals surface area contributed by atoms with Crippen LogP contribution in [-0.2, 0) is 17.6 Å². The predicted molar refractivity (Wildman–Crippen MR) is 108 cm³/mol. The lowest BCUT2D eigenvalue weighted by Gasteiger charge is -2.23. The number of carboxylic acids is 1. The number of rotatable bonds is 5. The molecular weight excluding hydrogens is 368 g/mol. The van der Waals surface area contributed by atoms with Crippen LogP contribution in [0.3, 0.4) is 0 Å². The van der Waals surface area contributed by atoms with E-state index >= 15 is 0 Å². The molecule has 5 heteroatoms. The first-order valence-corrected chi connectivity index (χ1v) is 9.44. The van der Waals surface area contributed by atoms with Crippen LogP contribution >= 0.6 is 0 Å². The quantitative estimate of drug-likeness (QED) is 0.480. The van der Waals surface area contributed by atoms with Crippen LogP contribution in [-0.4, -0.2) is 27.1 Å². The number of carbonyl (C=O) groups excluding carboxylic acids is 1. The third-order valence-electron chi connectivity index (χ3n) is 5.50. The molecule has 0 unspecified atom stereocenters. The average molecular weight is 388 g/mol. The topological polar surface area (TPSA) is 94.8 Å². The summed E-state index contributed by atoms with van der Waals surface area (Å²) in [4.78, 5) is 24.9. The molecule has 0 aromatic heterocycles. The molecule has 3 aromatic rings. The van der Waals surface area contributed by atoms with Crippen molar-refractivity contribution in [2.75, 3.05) is 0 Å². The molecular formula is C24H20O5. The normalized spacial score (nSPS) is 13.4. The second-order valence-corrected chi connectivity index (χ2v) is 7.27. The van der Waals surface area contributed by atoms with Gasteiger partial charge < -0.3 is 15.3 Å². The molecule has 5 nitrogen and oxygen atoms in total. The second kappa shape index (κ2) is 7.43. The van der Waals surface area contributed by atoms with Crippen LogP contribution in [0.4, 0.5) is 0 Å². The van der Waals surface area contributed by atoms with Crippen molar-refractivity contribution < 1.29 is 24.9 Å². The van der Waals surface area contributed by atoms with Gasteiger partial charge in [-0.25, -0.2) is 0 Å². The standard InChI is InChI=1S/C24H20O5/c25-19-8-4-7-15-13-16-10-12-17(22(26)21(16)23(27)20(15)19)18(24(28)29)11-9-14-5-2-1-3-6-14/h1-8,10,12,18,25-26H,9,11,13H2,(H,28,29)/t18-/m0/s1. The lowest BCUT2D eigenvalue weighted by atomic mass is 9.81. The number of aromatic hydroxyl groups is 2. The Morgan fingerprint density at radius 1 is 0.897 bits per heavy atom. The summed E-state index contributed by atoms with van der Waals surface area (Å²) >= 11 is 0. The summed E-state index contributed by atoms with van der Waals surface area (Å²) in [5, 5.41) is 30.8. The van der Waals surface area contributed by atoms with Crippen molar-refractivity contribution in [3.05, 3.63) is 94.0 Å². The molecule has 0 saturated carbocycles. The van der Waals surface area contributed by atoms with E-state index in [-0.39, 0.29) is 28.2 Å². The Kier molecular flexibility index (Phi) is 4.80. The van der Waals surface area contributed by atoms with Gasteiger partial charge in [0.05, 0.1) is 17.0 Å². The zero-order valence-corrected chi connectivity index (χ0v) is 15.6. The van der Waals surface area contributed by atoms with Gasteiger partial charge in [0.1, 0.15) is 11.5 Å². The fourth-order valence-corrected chi connectivity index (χ4v) is 4.02. The Balaban J connectivity index is 1.71. The monoisotopic (exact) mass is 388 g/mol. The van der Waals surface area contributed by atoms with Crippen molar-refractivity contribution in [2.45, 2.75) is 25.2 Å². The molecule has 1 aliphatic carbocycles. The van der Waals surface area contributed by atoms with Crippen LogP contribution in [0.25, 0.3) is 0 Å². The Hall–Kier alpha value is -3.60. The van der Waals surface area contributed by atoms with Gasteiger partial charge in [0.15, 0.2) is 0 Å². The lowest BCUT2D eigenvalue weighted by Crippen LogP contribution is -2.19. The summed E-state index contributed by atoms with van der Waals surface area (Å²) in [5.74, 6) is -2.92. The molecule has 0 aliphatic heterocycles. The molecule has 0 fully saturated rings. The van der Waals surface area contributed by atoms with E-state index in [1.807, 2.05) is 30.3 Å². The summed E-state index contributed by atoms with van der Waals surface area (Å²) in [5.41, 5.74) is 2.80. The molecule has 0 heterocycles. The number of carboxylic acid groups (broad SMARTS) is 1. The predicted octanol–water partition coefficient (Wildman–Crippen LogP) is 4.03. The third-order valence-corrected chi connectivity index (χ3v) is 5.50. The summed E-state index contributed by atoms with van der Waals surface area (Å²) < 4.78 is 0. The number of benzene rings is 3. The number of hydrogen-bond acceptors (Lipinski definition) is 4. The van der Waals surface area contributed by atoms with E-state index in [1.165, 1.54) is 6.07 Å². The second-order valence-electron chi connectivity index (χ2n) is 7.27. The van der Waals surface area contributed by atoms with Crippen LogP contribution in [0.2, 0.25) is 0 Å². The number of phenols is 2. The van der Waals surface area contributed by atoms with Gasteiger partial charge in [-0.15, -0.1) is 0 Å². The number of carbonyl (C=O) groups is 2. The van der Waals surface area contributed by atoms with Crippen molar-refractivity contribution in [1.82, 2.24) is 0 Å². The maximum Gasteiger partial charge on any atom is 0.311 e. The zero-order chi connectivity index (χ0) is 20.5. The van der Waals surface area contributed by atoms with Crippen molar-refractivity contribution in [1.29, 1.82) is 0 Å². The van der Waals surface area contributed by atoms with Crippen LogP contribution in [0, 0.1) is 0 Å². The van der Waals surface area contributed by atoms with Crippen LogP contribution in [0.5, 0.6) is 11.5 Å². The first-order valence-electron chi connectivity index (χ1n) is 9.44. The van der Waals surface area contributed by atoms with E-state index in [2.05, 4.69) is 0 Å². The Bertz CT molecular complexity index is 1100. The minimum absolute atomic E-state index is 0.0856. The van der Waals surface area contributed by atoms with Crippen molar-refractivity contribution in [2.24, 2.45) is 0 Å². The molecule has 146 valence electrons. The van der Waals surface area contributed by atoms with Gasteiger partial charge in [0, 0.05) is 5.56 Å². The van der Waals surface area contributed by atoms with Crippen LogP contribution < -0.4 is 0 Å². The van der Waals surface area contributed by atoms with Crippen LogP contribution in [0.15, 0.2) is 60.7 Å². The number of aryl methyl sites for hydroxylation is 1. The van der Waals surface area contributed by atoms with E-state index < -0.39 is 17.7 Å². The minimum Gasteiger partial charge on any atom is -0.507 e. The third kappa shape index (κ3) is 3.36. The largest absolute Gasteiger partial charge is 0.507 e. The van der Waals surface area contributed by atoms with Gasteiger partial charge >= 0.3 is 5.97 Å². The van der Waals surface area contributed by atoms with Gasteiger partial charge in [0.25, 0.3) is 0 Å². The highest BCUT2D eigenvalue weighted by Gasteiger charge is 2.32. The molecule has 0 radical (unpaired) electrons. The maximum atomic E-state index is 13.0. The highest BCUT2D eigenvalue weighted by atomic mass is 16.4. The highest BCUT2D eigenvalue weighted by molar-refractivity contribution is 6.15. The van der Waals surface area contributed by atoms with Crippen molar-refractivity contribution in [3.63, 3.8) is 0 Å². The van der Waals surface area contributed by atoms with Crippen LogP contribution in [0.1, 0.15) is 50.5 Å². The Morgan fingerprint density at radius 3 is 2.34 bits per heavy atom. The van der Waals surface area contributed by atoms with Gasteiger partial charge in [-0.2, -0.15) is 0 Å².